The number of hydrogen-bond acceptors (Lipinski definition) is 3. The Balaban J connectivity index is 0.00000182. The standard InChI is InChI=1S/C19H15ClFNO2.ClH/c1-19(15-6-5-13(20)11-16(15)21)23-17-4-2-3-14(18(17)24-19)12-7-9-22-10-8-12;/h2-7,10-11H,8-9H2,1H3;1H. The predicted molar refractivity (Wildman–Crippen MR) is 99.7 cm³/mol. The van der Waals surface area contributed by atoms with Crippen LogP contribution in [0.1, 0.15) is 24.5 Å². The van der Waals surface area contributed by atoms with E-state index < -0.39 is 11.6 Å². The molecule has 2 aromatic carbocycles. The summed E-state index contributed by atoms with van der Waals surface area (Å²) in [4.78, 5) is 4.21. The van der Waals surface area contributed by atoms with E-state index in [4.69, 9.17) is 21.1 Å². The summed E-state index contributed by atoms with van der Waals surface area (Å²) in [5.41, 5.74) is 2.40. The van der Waals surface area contributed by atoms with Crippen LogP contribution in [0.5, 0.6) is 11.5 Å². The summed E-state index contributed by atoms with van der Waals surface area (Å²) in [5.74, 6) is -0.441. The molecule has 0 saturated carbocycles. The highest BCUT2D eigenvalue weighted by Crippen LogP contribution is 2.48. The van der Waals surface area contributed by atoms with Crippen molar-refractivity contribution < 1.29 is 13.9 Å². The van der Waals surface area contributed by atoms with Crippen molar-refractivity contribution in [2.75, 3.05) is 6.54 Å². The maximum absolute atomic E-state index is 14.4. The Labute approximate surface area is 156 Å². The summed E-state index contributed by atoms with van der Waals surface area (Å²) >= 11 is 5.84. The molecule has 2 aliphatic rings. The third kappa shape index (κ3) is 3.12. The van der Waals surface area contributed by atoms with Gasteiger partial charge in [-0.15, -0.1) is 12.4 Å². The Morgan fingerprint density at radius 3 is 2.76 bits per heavy atom. The van der Waals surface area contributed by atoms with Gasteiger partial charge in [0, 0.05) is 30.1 Å². The monoisotopic (exact) mass is 379 g/mol. The summed E-state index contributed by atoms with van der Waals surface area (Å²) in [6.07, 6.45) is 4.70. The first-order chi connectivity index (χ1) is 11.6. The van der Waals surface area contributed by atoms with Crippen molar-refractivity contribution in [2.45, 2.75) is 19.1 Å². The maximum atomic E-state index is 14.4. The van der Waals surface area contributed by atoms with Crippen molar-refractivity contribution >= 4 is 35.8 Å². The summed E-state index contributed by atoms with van der Waals surface area (Å²) in [5, 5.41) is 0.336. The van der Waals surface area contributed by atoms with Crippen LogP contribution in [-0.4, -0.2) is 12.8 Å². The highest BCUT2D eigenvalue weighted by Gasteiger charge is 2.42. The molecule has 2 aliphatic heterocycles. The van der Waals surface area contributed by atoms with Crippen molar-refractivity contribution in [2.24, 2.45) is 4.99 Å². The van der Waals surface area contributed by atoms with Crippen LogP contribution in [0, 0.1) is 5.82 Å². The van der Waals surface area contributed by atoms with Gasteiger partial charge >= 0.3 is 0 Å². The number of hydrogen-bond donors (Lipinski definition) is 0. The van der Waals surface area contributed by atoms with Crippen LogP contribution in [0.25, 0.3) is 5.57 Å². The first-order valence-electron chi connectivity index (χ1n) is 7.71. The van der Waals surface area contributed by atoms with Gasteiger partial charge in [0.2, 0.25) is 0 Å². The Morgan fingerprint density at radius 2 is 2.04 bits per heavy atom. The molecule has 0 saturated heterocycles. The van der Waals surface area contributed by atoms with Crippen LogP contribution in [0.2, 0.25) is 5.02 Å². The summed E-state index contributed by atoms with van der Waals surface area (Å²) in [6, 6.07) is 10.2. The molecule has 0 amide bonds. The third-order valence-corrected chi connectivity index (χ3v) is 4.47. The Morgan fingerprint density at radius 1 is 1.20 bits per heavy atom. The molecule has 25 heavy (non-hydrogen) atoms. The molecule has 0 aromatic heterocycles. The molecule has 6 heteroatoms. The quantitative estimate of drug-likeness (QED) is 0.698. The number of ether oxygens (including phenoxy) is 2. The van der Waals surface area contributed by atoms with Crippen LogP contribution in [0.4, 0.5) is 4.39 Å². The summed E-state index contributed by atoms with van der Waals surface area (Å²) in [6.45, 7) is 2.36. The van der Waals surface area contributed by atoms with Crippen LogP contribution in [0.15, 0.2) is 47.5 Å². The molecule has 1 atom stereocenters. The van der Waals surface area contributed by atoms with E-state index in [0.717, 1.165) is 17.6 Å². The lowest BCUT2D eigenvalue weighted by molar-refractivity contribution is -0.0708. The molecule has 3 nitrogen and oxygen atoms in total. The van der Waals surface area contributed by atoms with E-state index in [-0.39, 0.29) is 12.4 Å². The van der Waals surface area contributed by atoms with Crippen molar-refractivity contribution in [1.82, 2.24) is 0 Å². The smallest absolute Gasteiger partial charge is 0.278 e. The van der Waals surface area contributed by atoms with Crippen molar-refractivity contribution in [1.29, 1.82) is 0 Å². The fraction of sp³-hybridized carbons (Fsp3) is 0.211. The van der Waals surface area contributed by atoms with Crippen LogP contribution in [0.3, 0.4) is 0 Å². The van der Waals surface area contributed by atoms with Crippen LogP contribution in [-0.2, 0) is 5.79 Å². The van der Waals surface area contributed by atoms with E-state index in [0.29, 0.717) is 28.6 Å². The zero-order valence-corrected chi connectivity index (χ0v) is 15.0. The van der Waals surface area contributed by atoms with Crippen LogP contribution >= 0.6 is 24.0 Å². The fourth-order valence-corrected chi connectivity index (χ4v) is 3.21. The van der Waals surface area contributed by atoms with Gasteiger partial charge in [-0.05, 0) is 29.8 Å². The van der Waals surface area contributed by atoms with E-state index in [1.165, 1.54) is 6.07 Å². The van der Waals surface area contributed by atoms with Gasteiger partial charge in [0.1, 0.15) is 5.82 Å². The number of para-hydroxylation sites is 1. The van der Waals surface area contributed by atoms with Gasteiger partial charge in [-0.3, -0.25) is 4.99 Å². The molecular weight excluding hydrogens is 364 g/mol. The van der Waals surface area contributed by atoms with Crippen LogP contribution < -0.4 is 9.47 Å². The van der Waals surface area contributed by atoms with E-state index in [9.17, 15) is 4.39 Å². The van der Waals surface area contributed by atoms with Crippen molar-refractivity contribution in [3.63, 3.8) is 0 Å². The SMILES string of the molecule is CC1(c2ccc(Cl)cc2F)Oc2cccc(C3=CCN=CC3)c2O1.Cl. The molecule has 0 bridgehead atoms. The number of dihydropyridines is 1. The van der Waals surface area contributed by atoms with Crippen molar-refractivity contribution in [3.8, 4) is 11.5 Å². The molecule has 0 fully saturated rings. The molecule has 130 valence electrons. The maximum Gasteiger partial charge on any atom is 0.278 e. The van der Waals surface area contributed by atoms with Gasteiger partial charge in [-0.25, -0.2) is 4.39 Å². The lowest BCUT2D eigenvalue weighted by atomic mass is 10.00. The van der Waals surface area contributed by atoms with E-state index in [1.807, 2.05) is 24.4 Å². The van der Waals surface area contributed by atoms with Crippen molar-refractivity contribution in [3.05, 3.63) is 64.4 Å². The second-order valence-electron chi connectivity index (χ2n) is 5.89. The molecule has 2 aromatic rings. The minimum absolute atomic E-state index is 0. The van der Waals surface area contributed by atoms with E-state index in [1.54, 1.807) is 19.1 Å². The lowest BCUT2D eigenvalue weighted by Gasteiger charge is -2.24. The average Bonchev–Trinajstić information content (AvgIpc) is 2.92. The molecule has 2 heterocycles. The number of nitrogens with zero attached hydrogens (tertiary/aromatic N) is 1. The largest absolute Gasteiger partial charge is 0.444 e. The first-order valence-corrected chi connectivity index (χ1v) is 8.09. The van der Waals surface area contributed by atoms with E-state index >= 15 is 0 Å². The van der Waals surface area contributed by atoms with E-state index in [2.05, 4.69) is 11.1 Å². The molecule has 0 spiro atoms. The molecule has 4 rings (SSSR count). The molecule has 1 unspecified atom stereocenters. The van der Waals surface area contributed by atoms with Gasteiger partial charge in [0.25, 0.3) is 5.79 Å². The first kappa shape index (κ1) is 17.8. The second-order valence-corrected chi connectivity index (χ2v) is 6.32. The van der Waals surface area contributed by atoms with Gasteiger partial charge in [0.05, 0.1) is 12.1 Å². The molecular formula is C19H16Cl2FNO2. The number of halogens is 3. The predicted octanol–water partition coefficient (Wildman–Crippen LogP) is 5.40. The normalized spacial score (nSPS) is 20.8. The fourth-order valence-electron chi connectivity index (χ4n) is 3.05. The van der Waals surface area contributed by atoms with Gasteiger partial charge < -0.3 is 9.47 Å². The molecule has 0 N–H and O–H groups in total. The van der Waals surface area contributed by atoms with Gasteiger partial charge in [-0.2, -0.15) is 0 Å². The number of aliphatic imine (C=N–C) groups is 1. The molecule has 0 radical (unpaired) electrons. The number of allylic oxidation sites excluding steroid dienone is 1. The zero-order valence-electron chi connectivity index (χ0n) is 13.5. The second kappa shape index (κ2) is 6.70. The highest BCUT2D eigenvalue weighted by atomic mass is 35.5. The Hall–Kier alpha value is -2.04. The topological polar surface area (TPSA) is 30.8 Å². The lowest BCUT2D eigenvalue weighted by Crippen LogP contribution is -2.32. The summed E-state index contributed by atoms with van der Waals surface area (Å²) in [7, 11) is 0. The molecule has 0 aliphatic carbocycles. The number of fused-ring (bicyclic) bond motifs is 1. The number of benzene rings is 2. The Bertz CT molecular complexity index is 882. The zero-order chi connectivity index (χ0) is 16.7. The summed E-state index contributed by atoms with van der Waals surface area (Å²) < 4.78 is 26.4. The van der Waals surface area contributed by atoms with Gasteiger partial charge in [-0.1, -0.05) is 29.8 Å². The number of rotatable bonds is 2. The minimum atomic E-state index is -1.23. The highest BCUT2D eigenvalue weighted by molar-refractivity contribution is 6.30. The Kier molecular flexibility index (Phi) is 4.76. The third-order valence-electron chi connectivity index (χ3n) is 4.23. The minimum Gasteiger partial charge on any atom is -0.444 e. The van der Waals surface area contributed by atoms with Gasteiger partial charge in [0.15, 0.2) is 11.5 Å². The average molecular weight is 380 g/mol.